The van der Waals surface area contributed by atoms with Gasteiger partial charge in [-0.05, 0) is 24.3 Å². The van der Waals surface area contributed by atoms with Crippen LogP contribution >= 0.6 is 0 Å². The highest BCUT2D eigenvalue weighted by molar-refractivity contribution is 7.87. The lowest BCUT2D eigenvalue weighted by Crippen LogP contribution is -2.65. The maximum atomic E-state index is 13.6. The van der Waals surface area contributed by atoms with Gasteiger partial charge in [-0.25, -0.2) is 0 Å². The van der Waals surface area contributed by atoms with Crippen LogP contribution in [0.1, 0.15) is 0 Å². The van der Waals surface area contributed by atoms with E-state index < -0.39 is 56.9 Å². The lowest BCUT2D eigenvalue weighted by molar-refractivity contribution is -0.208. The second kappa shape index (κ2) is 11.9. The molecule has 14 heteroatoms. The predicted octanol–water partition coefficient (Wildman–Crippen LogP) is 1.43. The molecule has 6 atom stereocenters. The molecule has 1 fully saturated rings. The average Bonchev–Trinajstić information content (AvgIpc) is 2.99. The summed E-state index contributed by atoms with van der Waals surface area (Å²) in [6, 6.07) is 19.0. The van der Waals surface area contributed by atoms with Gasteiger partial charge in [0.2, 0.25) is 0 Å². The van der Waals surface area contributed by atoms with Crippen LogP contribution in [0.25, 0.3) is 21.5 Å². The normalized spacial score (nSPS) is 24.5. The Hall–Kier alpha value is -3.34. The molecule has 5 rings (SSSR count). The summed E-state index contributed by atoms with van der Waals surface area (Å²) in [4.78, 5) is 3.03. The number of benzene rings is 4. The molecule has 0 spiro atoms. The third kappa shape index (κ3) is 5.63. The molecule has 0 aliphatic heterocycles. The molecular formula is C30H34N2O10S2. The fourth-order valence-corrected chi connectivity index (χ4v) is 8.18. The maximum Gasteiger partial charge on any atom is 0.298 e. The molecule has 0 heterocycles. The number of hydrogen-bond donors (Lipinski definition) is 4. The molecule has 4 N–H and O–H groups in total. The number of nitrogens with zero attached hydrogens (tertiary/aromatic N) is 2. The lowest BCUT2D eigenvalue weighted by atomic mass is 9.85. The summed E-state index contributed by atoms with van der Waals surface area (Å²) < 4.78 is 64.8. The van der Waals surface area contributed by atoms with Crippen LogP contribution < -0.4 is 9.80 Å². The third-order valence-corrected chi connectivity index (χ3v) is 10.5. The van der Waals surface area contributed by atoms with E-state index in [0.29, 0.717) is 21.5 Å². The quantitative estimate of drug-likeness (QED) is 0.203. The first kappa shape index (κ1) is 32.1. The Balaban J connectivity index is 1.50. The number of aliphatic hydroxyl groups excluding tert-OH is 4. The van der Waals surface area contributed by atoms with Crippen LogP contribution in [-0.4, -0.2) is 102 Å². The molecule has 2 unspecified atom stereocenters. The molecule has 0 aromatic heterocycles. The van der Waals surface area contributed by atoms with E-state index in [-0.39, 0.29) is 9.79 Å². The monoisotopic (exact) mass is 646 g/mol. The SMILES string of the molecule is CN(C)c1cccc2c(S(=O)(=O)O[C@@H]3C(O)[C@H](OS(=O)(=O)c4cccc5c(N(C)C)cccc45)[C@@H](O)C(O)[C@H]3O)cccc12. The minimum Gasteiger partial charge on any atom is -0.387 e. The highest BCUT2D eigenvalue weighted by atomic mass is 32.2. The number of hydrogen-bond acceptors (Lipinski definition) is 12. The van der Waals surface area contributed by atoms with E-state index in [1.807, 2.05) is 0 Å². The van der Waals surface area contributed by atoms with E-state index in [2.05, 4.69) is 0 Å². The predicted molar refractivity (Wildman–Crippen MR) is 165 cm³/mol. The van der Waals surface area contributed by atoms with E-state index in [0.717, 1.165) is 11.4 Å². The van der Waals surface area contributed by atoms with Crippen molar-refractivity contribution in [2.24, 2.45) is 0 Å². The largest absolute Gasteiger partial charge is 0.387 e. The standard InChI is InChI=1S/C30H34N2O10S2/c1-31(2)21-13-5-11-19-17(21)9-7-15-23(19)43(37,38)41-29-26(34)25(33)27(35)30(28(29)36)42-44(39,40)24-16-8-10-18-20(24)12-6-14-22(18)32(3)4/h5-16,25-30,33-36H,1-4H3/t25?,26-,27+,28?,29+,30-. The average molecular weight is 647 g/mol. The van der Waals surface area contributed by atoms with Gasteiger partial charge in [0.1, 0.15) is 46.4 Å². The molecule has 4 aromatic rings. The molecule has 1 saturated carbocycles. The van der Waals surface area contributed by atoms with Gasteiger partial charge in [-0.2, -0.15) is 16.8 Å². The molecule has 1 aliphatic rings. The van der Waals surface area contributed by atoms with E-state index in [1.54, 1.807) is 86.5 Å². The van der Waals surface area contributed by atoms with Crippen molar-refractivity contribution in [1.29, 1.82) is 0 Å². The number of aliphatic hydroxyl groups is 4. The van der Waals surface area contributed by atoms with Crippen molar-refractivity contribution in [3.8, 4) is 0 Å². The Morgan fingerprint density at radius 3 is 1.20 bits per heavy atom. The summed E-state index contributed by atoms with van der Waals surface area (Å²) in [7, 11) is -2.30. The summed E-state index contributed by atoms with van der Waals surface area (Å²) in [5.74, 6) is 0. The second-order valence-electron chi connectivity index (χ2n) is 11.0. The Morgan fingerprint density at radius 1 is 0.500 bits per heavy atom. The van der Waals surface area contributed by atoms with Crippen molar-refractivity contribution in [2.75, 3.05) is 38.0 Å². The van der Waals surface area contributed by atoms with E-state index in [1.165, 1.54) is 24.3 Å². The van der Waals surface area contributed by atoms with Crippen LogP contribution in [0, 0.1) is 0 Å². The summed E-state index contributed by atoms with van der Waals surface area (Å²) in [6.45, 7) is 0. The summed E-state index contributed by atoms with van der Waals surface area (Å²) in [6.07, 6.45) is -12.8. The van der Waals surface area contributed by atoms with Gasteiger partial charge in [-0.1, -0.05) is 48.5 Å². The van der Waals surface area contributed by atoms with Crippen LogP contribution in [0.3, 0.4) is 0 Å². The smallest absolute Gasteiger partial charge is 0.298 e. The second-order valence-corrected chi connectivity index (χ2v) is 14.1. The van der Waals surface area contributed by atoms with E-state index >= 15 is 0 Å². The first-order chi connectivity index (χ1) is 20.7. The zero-order valence-corrected chi connectivity index (χ0v) is 26.0. The highest BCUT2D eigenvalue weighted by Gasteiger charge is 2.53. The van der Waals surface area contributed by atoms with Crippen LogP contribution in [-0.2, 0) is 28.6 Å². The Kier molecular flexibility index (Phi) is 8.65. The minimum atomic E-state index is -4.74. The fraction of sp³-hybridized carbons (Fsp3) is 0.333. The number of fused-ring (bicyclic) bond motifs is 2. The van der Waals surface area contributed by atoms with Crippen LogP contribution in [0.2, 0.25) is 0 Å². The van der Waals surface area contributed by atoms with Gasteiger partial charge in [0.15, 0.2) is 0 Å². The minimum absolute atomic E-state index is 0.281. The molecule has 1 aliphatic carbocycles. The molecule has 0 bridgehead atoms. The maximum absolute atomic E-state index is 13.6. The van der Waals surface area contributed by atoms with Crippen LogP contribution in [0.15, 0.2) is 82.6 Å². The van der Waals surface area contributed by atoms with E-state index in [4.69, 9.17) is 8.37 Å². The Morgan fingerprint density at radius 2 is 0.841 bits per heavy atom. The Bertz CT molecular complexity index is 1780. The van der Waals surface area contributed by atoms with Crippen molar-refractivity contribution in [3.63, 3.8) is 0 Å². The van der Waals surface area contributed by atoms with Crippen molar-refractivity contribution in [1.82, 2.24) is 0 Å². The lowest BCUT2D eigenvalue weighted by Gasteiger charge is -2.42. The van der Waals surface area contributed by atoms with Gasteiger partial charge in [-0.3, -0.25) is 8.37 Å². The van der Waals surface area contributed by atoms with Crippen molar-refractivity contribution in [2.45, 2.75) is 46.4 Å². The molecule has 0 saturated heterocycles. The van der Waals surface area contributed by atoms with Gasteiger partial charge in [0, 0.05) is 61.1 Å². The van der Waals surface area contributed by atoms with Crippen molar-refractivity contribution < 1.29 is 45.6 Å². The third-order valence-electron chi connectivity index (χ3n) is 7.74. The van der Waals surface area contributed by atoms with Crippen molar-refractivity contribution in [3.05, 3.63) is 72.8 Å². The number of anilines is 2. The molecule has 236 valence electrons. The summed E-state index contributed by atoms with van der Waals surface area (Å²) in [5, 5.41) is 44.9. The van der Waals surface area contributed by atoms with E-state index in [9.17, 15) is 37.3 Å². The summed E-state index contributed by atoms with van der Waals surface area (Å²) >= 11 is 0. The highest BCUT2D eigenvalue weighted by Crippen LogP contribution is 2.36. The van der Waals surface area contributed by atoms with Crippen molar-refractivity contribution >= 4 is 53.2 Å². The Labute approximate surface area is 255 Å². The molecule has 0 radical (unpaired) electrons. The van der Waals surface area contributed by atoms with Gasteiger partial charge < -0.3 is 30.2 Å². The zero-order valence-electron chi connectivity index (χ0n) is 24.3. The van der Waals surface area contributed by atoms with Crippen LogP contribution in [0.5, 0.6) is 0 Å². The molecular weight excluding hydrogens is 612 g/mol. The molecule has 12 nitrogen and oxygen atoms in total. The first-order valence-corrected chi connectivity index (χ1v) is 16.4. The first-order valence-electron chi connectivity index (χ1n) is 13.6. The van der Waals surface area contributed by atoms with Gasteiger partial charge in [0.25, 0.3) is 20.2 Å². The molecule has 4 aromatic carbocycles. The fourth-order valence-electron chi connectivity index (χ4n) is 5.55. The molecule has 44 heavy (non-hydrogen) atoms. The van der Waals surface area contributed by atoms with Crippen LogP contribution in [0.4, 0.5) is 11.4 Å². The number of rotatable bonds is 8. The van der Waals surface area contributed by atoms with Gasteiger partial charge in [-0.15, -0.1) is 0 Å². The zero-order chi connectivity index (χ0) is 32.1. The van der Waals surface area contributed by atoms with Gasteiger partial charge >= 0.3 is 0 Å². The summed E-state index contributed by atoms with van der Waals surface area (Å²) in [5.41, 5.74) is 1.45. The van der Waals surface area contributed by atoms with Gasteiger partial charge in [0.05, 0.1) is 0 Å². The molecule has 0 amide bonds. The topological polar surface area (TPSA) is 174 Å².